The maximum Gasteiger partial charge on any atom is 0.225 e. The summed E-state index contributed by atoms with van der Waals surface area (Å²) in [6.45, 7) is 3.43. The predicted octanol–water partition coefficient (Wildman–Crippen LogP) is 5.12. The molecule has 4 rings (SSSR count). The quantitative estimate of drug-likeness (QED) is 0.387. The molecule has 2 aliphatic rings. The van der Waals surface area contributed by atoms with Gasteiger partial charge in [0.15, 0.2) is 0 Å². The van der Waals surface area contributed by atoms with E-state index in [4.69, 9.17) is 22.1 Å². The fourth-order valence-corrected chi connectivity index (χ4v) is 6.53. The van der Waals surface area contributed by atoms with Gasteiger partial charge < -0.3 is 25.6 Å². The number of likely N-dealkylation sites (tertiary alicyclic amines) is 1. The van der Waals surface area contributed by atoms with Crippen LogP contribution in [-0.4, -0.2) is 59.5 Å². The average molecular weight is 543 g/mol. The van der Waals surface area contributed by atoms with Crippen molar-refractivity contribution in [2.45, 2.75) is 82.6 Å². The fourth-order valence-electron chi connectivity index (χ4n) is 6.24. The first-order chi connectivity index (χ1) is 18.3. The van der Waals surface area contributed by atoms with Crippen molar-refractivity contribution >= 4 is 17.5 Å². The van der Waals surface area contributed by atoms with E-state index in [1.807, 2.05) is 17.0 Å². The Bertz CT molecular complexity index is 1070. The van der Waals surface area contributed by atoms with Crippen LogP contribution in [0.25, 0.3) is 11.1 Å². The monoisotopic (exact) mass is 542 g/mol. The highest BCUT2D eigenvalue weighted by Gasteiger charge is 2.38. The third kappa shape index (κ3) is 6.78. The van der Waals surface area contributed by atoms with Crippen molar-refractivity contribution in [2.75, 3.05) is 20.2 Å². The Morgan fingerprint density at radius 3 is 2.71 bits per heavy atom. The summed E-state index contributed by atoms with van der Waals surface area (Å²) in [5, 5.41) is 21.7. The number of carbonyl (C=O) groups excluding carboxylic acids is 1. The molecular formula is C31H43ClN2O4. The number of halogens is 1. The first-order valence-corrected chi connectivity index (χ1v) is 14.5. The number of aryl methyl sites for hydroxylation is 1. The van der Waals surface area contributed by atoms with Crippen LogP contribution in [0, 0.1) is 11.8 Å². The van der Waals surface area contributed by atoms with Crippen LogP contribution in [0.15, 0.2) is 42.5 Å². The lowest BCUT2D eigenvalue weighted by Crippen LogP contribution is -2.45. The highest BCUT2D eigenvalue weighted by Crippen LogP contribution is 2.38. The highest BCUT2D eigenvalue weighted by molar-refractivity contribution is 6.33. The van der Waals surface area contributed by atoms with Crippen LogP contribution >= 0.6 is 11.6 Å². The zero-order valence-corrected chi connectivity index (χ0v) is 23.4. The van der Waals surface area contributed by atoms with Gasteiger partial charge in [0.1, 0.15) is 0 Å². The number of aliphatic hydroxyl groups excluding tert-OH is 2. The molecule has 208 valence electrons. The fraction of sp³-hybridized carbons (Fsp3) is 0.581. The lowest BCUT2D eigenvalue weighted by atomic mass is 9.87. The summed E-state index contributed by atoms with van der Waals surface area (Å²) >= 11 is 6.70. The van der Waals surface area contributed by atoms with Gasteiger partial charge in [-0.15, -0.1) is 0 Å². The minimum absolute atomic E-state index is 0.0622. The molecule has 0 aromatic heterocycles. The number of ether oxygens (including phenoxy) is 1. The Kier molecular flexibility index (Phi) is 10.2. The lowest BCUT2D eigenvalue weighted by Gasteiger charge is -2.36. The number of benzene rings is 2. The highest BCUT2D eigenvalue weighted by atomic mass is 35.5. The van der Waals surface area contributed by atoms with Gasteiger partial charge in [0.25, 0.3) is 0 Å². The zero-order valence-electron chi connectivity index (χ0n) is 22.7. The molecule has 6 nitrogen and oxygen atoms in total. The second-order valence-electron chi connectivity index (χ2n) is 11.1. The molecular weight excluding hydrogens is 500 g/mol. The third-order valence-corrected chi connectivity index (χ3v) is 8.82. The minimum Gasteiger partial charge on any atom is -0.393 e. The molecule has 0 radical (unpaired) electrons. The van der Waals surface area contributed by atoms with Crippen LogP contribution in [0.5, 0.6) is 0 Å². The van der Waals surface area contributed by atoms with E-state index >= 15 is 0 Å². The van der Waals surface area contributed by atoms with Gasteiger partial charge in [-0.3, -0.25) is 4.79 Å². The number of hydrogen-bond donors (Lipinski definition) is 3. The summed E-state index contributed by atoms with van der Waals surface area (Å²) in [5.74, 6) is -0.0653. The van der Waals surface area contributed by atoms with Crippen molar-refractivity contribution in [3.05, 3.63) is 58.6 Å². The average Bonchev–Trinajstić information content (AvgIpc) is 3.28. The van der Waals surface area contributed by atoms with E-state index in [-0.39, 0.29) is 29.9 Å². The summed E-state index contributed by atoms with van der Waals surface area (Å²) < 4.78 is 5.94. The third-order valence-electron chi connectivity index (χ3n) is 8.51. The molecule has 6 atom stereocenters. The molecule has 0 bridgehead atoms. The maximum atomic E-state index is 13.0. The van der Waals surface area contributed by atoms with Gasteiger partial charge in [0.2, 0.25) is 5.91 Å². The smallest absolute Gasteiger partial charge is 0.225 e. The number of amides is 1. The summed E-state index contributed by atoms with van der Waals surface area (Å²) in [7, 11) is 1.73. The van der Waals surface area contributed by atoms with Gasteiger partial charge >= 0.3 is 0 Å². The number of hydrogen-bond acceptors (Lipinski definition) is 5. The van der Waals surface area contributed by atoms with Crippen molar-refractivity contribution in [3.8, 4) is 11.1 Å². The number of piperidine rings is 1. The van der Waals surface area contributed by atoms with Gasteiger partial charge in [0.05, 0.1) is 18.3 Å². The summed E-state index contributed by atoms with van der Waals surface area (Å²) in [6.07, 6.45) is 4.75. The number of nitrogens with two attached hydrogens (primary N) is 1. The summed E-state index contributed by atoms with van der Waals surface area (Å²) in [6, 6.07) is 14.1. The van der Waals surface area contributed by atoms with Crippen molar-refractivity contribution in [3.63, 3.8) is 0 Å². The van der Waals surface area contributed by atoms with E-state index in [1.165, 1.54) is 5.56 Å². The Hall–Kier alpha value is -1.96. The van der Waals surface area contributed by atoms with Crippen molar-refractivity contribution < 1.29 is 19.7 Å². The summed E-state index contributed by atoms with van der Waals surface area (Å²) in [4.78, 5) is 14.9. The van der Waals surface area contributed by atoms with Crippen LogP contribution < -0.4 is 5.73 Å². The Morgan fingerprint density at radius 1 is 1.21 bits per heavy atom. The van der Waals surface area contributed by atoms with Crippen LogP contribution in [-0.2, 0) is 16.0 Å². The first kappa shape index (κ1) is 29.0. The van der Waals surface area contributed by atoms with Crippen molar-refractivity contribution in [1.82, 2.24) is 4.90 Å². The summed E-state index contributed by atoms with van der Waals surface area (Å²) in [5.41, 5.74) is 10.4. The molecule has 1 aliphatic heterocycles. The topological polar surface area (TPSA) is 96.0 Å². The van der Waals surface area contributed by atoms with E-state index in [9.17, 15) is 15.0 Å². The van der Waals surface area contributed by atoms with Crippen LogP contribution in [0.3, 0.4) is 0 Å². The molecule has 1 saturated carbocycles. The van der Waals surface area contributed by atoms with E-state index in [1.54, 1.807) is 7.11 Å². The van der Waals surface area contributed by atoms with Gasteiger partial charge in [-0.05, 0) is 74.1 Å². The zero-order chi connectivity index (χ0) is 27.2. The molecule has 2 fully saturated rings. The van der Waals surface area contributed by atoms with Crippen LogP contribution in [0.2, 0.25) is 5.02 Å². The Labute approximate surface area is 232 Å². The SMILES string of the molecule is CCc1cccc(-c2c(Cl)cccc2C(CCCC(O)C2CCCN(C(=O)C3CC(N)C(O)C3)C2)OC)c1. The normalized spacial score (nSPS) is 25.4. The maximum absolute atomic E-state index is 13.0. The number of nitrogens with zero attached hydrogens (tertiary/aromatic N) is 1. The standard InChI is InChI=1S/C31H43ClN2O4/c1-3-20-8-4-9-21(16-20)30-24(11-5-12-25(30)32)29(38-2)14-6-13-27(35)22-10-7-15-34(19-22)31(37)23-17-26(33)28(36)18-23/h4-5,8-9,11-12,16,22-23,26-29,35-36H,3,6-7,10,13-15,17-19,33H2,1-2H3. The molecule has 7 heteroatoms. The van der Waals surface area contributed by atoms with Crippen molar-refractivity contribution in [1.29, 1.82) is 0 Å². The molecule has 1 amide bonds. The molecule has 4 N–H and O–H groups in total. The van der Waals surface area contributed by atoms with Gasteiger partial charge in [-0.25, -0.2) is 0 Å². The molecule has 38 heavy (non-hydrogen) atoms. The molecule has 1 heterocycles. The van der Waals surface area contributed by atoms with E-state index in [2.05, 4.69) is 37.3 Å². The van der Waals surface area contributed by atoms with E-state index in [0.717, 1.165) is 48.8 Å². The Balaban J connectivity index is 1.36. The minimum atomic E-state index is -0.598. The second-order valence-corrected chi connectivity index (χ2v) is 11.5. The molecule has 1 saturated heterocycles. The molecule has 1 aliphatic carbocycles. The molecule has 0 spiro atoms. The lowest BCUT2D eigenvalue weighted by molar-refractivity contribution is -0.138. The second kappa shape index (κ2) is 13.4. The Morgan fingerprint density at radius 2 is 2.00 bits per heavy atom. The van der Waals surface area contributed by atoms with Gasteiger partial charge in [0, 0.05) is 48.7 Å². The number of methoxy groups -OCH3 is 1. The van der Waals surface area contributed by atoms with Crippen LogP contribution in [0.4, 0.5) is 0 Å². The van der Waals surface area contributed by atoms with Crippen LogP contribution in [0.1, 0.15) is 69.1 Å². The number of carbonyl (C=O) groups is 1. The largest absolute Gasteiger partial charge is 0.393 e. The van der Waals surface area contributed by atoms with Crippen molar-refractivity contribution in [2.24, 2.45) is 17.6 Å². The first-order valence-electron chi connectivity index (χ1n) is 14.1. The van der Waals surface area contributed by atoms with Gasteiger partial charge in [-0.2, -0.15) is 0 Å². The predicted molar refractivity (Wildman–Crippen MR) is 152 cm³/mol. The van der Waals surface area contributed by atoms with E-state index < -0.39 is 12.2 Å². The molecule has 2 aromatic carbocycles. The number of rotatable bonds is 10. The number of aliphatic hydroxyl groups is 2. The molecule has 6 unspecified atom stereocenters. The van der Waals surface area contributed by atoms with Gasteiger partial charge in [-0.1, -0.05) is 54.9 Å². The molecule has 2 aromatic rings. The van der Waals surface area contributed by atoms with E-state index in [0.29, 0.717) is 37.4 Å².